The van der Waals surface area contributed by atoms with Crippen molar-refractivity contribution in [2.75, 3.05) is 6.54 Å². The van der Waals surface area contributed by atoms with E-state index in [-0.39, 0.29) is 5.91 Å². The predicted molar refractivity (Wildman–Crippen MR) is 108 cm³/mol. The van der Waals surface area contributed by atoms with Crippen molar-refractivity contribution in [2.45, 2.75) is 43.7 Å². The van der Waals surface area contributed by atoms with Crippen molar-refractivity contribution in [1.82, 2.24) is 20.1 Å². The van der Waals surface area contributed by atoms with Crippen molar-refractivity contribution < 1.29 is 4.79 Å². The van der Waals surface area contributed by atoms with Crippen molar-refractivity contribution in [3.05, 3.63) is 71.2 Å². The molecule has 0 saturated heterocycles. The van der Waals surface area contributed by atoms with E-state index in [0.29, 0.717) is 12.1 Å². The standard InChI is InChI=1S/C21H24N4OS/c1-15-13-24-25(14-15)11-5-10-22-20(26)19-6-4-9-23-21(19)27-18-8-7-16(2)17(3)12-18/h4,6-9,12-14H,5,10-11H2,1-3H3,(H,22,26). The van der Waals surface area contributed by atoms with E-state index in [1.54, 1.807) is 12.3 Å². The molecular formula is C21H24N4OS. The van der Waals surface area contributed by atoms with Gasteiger partial charge in [0.25, 0.3) is 5.91 Å². The summed E-state index contributed by atoms with van der Waals surface area (Å²) >= 11 is 1.52. The molecule has 27 heavy (non-hydrogen) atoms. The highest BCUT2D eigenvalue weighted by atomic mass is 32.2. The highest BCUT2D eigenvalue weighted by molar-refractivity contribution is 7.99. The lowest BCUT2D eigenvalue weighted by molar-refractivity contribution is 0.0949. The summed E-state index contributed by atoms with van der Waals surface area (Å²) in [5, 5.41) is 7.97. The zero-order valence-electron chi connectivity index (χ0n) is 15.9. The van der Waals surface area contributed by atoms with Crippen molar-refractivity contribution >= 4 is 17.7 Å². The minimum absolute atomic E-state index is 0.0916. The molecule has 1 aromatic carbocycles. The van der Waals surface area contributed by atoms with Crippen molar-refractivity contribution in [2.24, 2.45) is 0 Å². The molecule has 0 unspecified atom stereocenters. The van der Waals surface area contributed by atoms with Gasteiger partial charge < -0.3 is 5.32 Å². The Bertz CT molecular complexity index is 935. The second-order valence-electron chi connectivity index (χ2n) is 6.59. The number of amides is 1. The Morgan fingerprint density at radius 3 is 2.78 bits per heavy atom. The number of carbonyl (C=O) groups excluding carboxylic acids is 1. The molecular weight excluding hydrogens is 356 g/mol. The predicted octanol–water partition coefficient (Wildman–Crippen LogP) is 4.17. The number of nitrogens with one attached hydrogen (secondary N) is 1. The molecule has 5 nitrogen and oxygen atoms in total. The van der Waals surface area contributed by atoms with Crippen LogP contribution >= 0.6 is 11.8 Å². The first-order chi connectivity index (χ1) is 13.0. The first kappa shape index (κ1) is 19.2. The summed E-state index contributed by atoms with van der Waals surface area (Å²) in [7, 11) is 0. The van der Waals surface area contributed by atoms with Gasteiger partial charge >= 0.3 is 0 Å². The van der Waals surface area contributed by atoms with E-state index in [1.165, 1.54) is 22.9 Å². The smallest absolute Gasteiger partial charge is 0.254 e. The number of aromatic nitrogens is 3. The van der Waals surface area contributed by atoms with Gasteiger partial charge in [-0.1, -0.05) is 17.8 Å². The van der Waals surface area contributed by atoms with Crippen LogP contribution in [0.1, 0.15) is 33.5 Å². The molecule has 6 heteroatoms. The molecule has 3 rings (SSSR count). The summed E-state index contributed by atoms with van der Waals surface area (Å²) in [5.41, 5.74) is 4.24. The summed E-state index contributed by atoms with van der Waals surface area (Å²) in [4.78, 5) is 18.1. The molecule has 1 N–H and O–H groups in total. The van der Waals surface area contributed by atoms with E-state index >= 15 is 0 Å². The van der Waals surface area contributed by atoms with Crippen LogP contribution in [0.25, 0.3) is 0 Å². The van der Waals surface area contributed by atoms with Crippen molar-refractivity contribution in [3.8, 4) is 0 Å². The summed E-state index contributed by atoms with van der Waals surface area (Å²) in [6.45, 7) is 7.58. The third-order valence-corrected chi connectivity index (χ3v) is 5.33. The number of benzene rings is 1. The molecule has 0 saturated carbocycles. The number of carbonyl (C=O) groups is 1. The van der Waals surface area contributed by atoms with Crippen LogP contribution in [0.4, 0.5) is 0 Å². The number of hydrogen-bond acceptors (Lipinski definition) is 4. The Hall–Kier alpha value is -2.60. The molecule has 1 amide bonds. The molecule has 0 aliphatic rings. The first-order valence-corrected chi connectivity index (χ1v) is 9.82. The van der Waals surface area contributed by atoms with Crippen LogP contribution in [0.3, 0.4) is 0 Å². The molecule has 0 bridgehead atoms. The lowest BCUT2D eigenvalue weighted by Crippen LogP contribution is -2.26. The molecule has 2 aromatic heterocycles. The summed E-state index contributed by atoms with van der Waals surface area (Å²) in [5.74, 6) is -0.0916. The second-order valence-corrected chi connectivity index (χ2v) is 7.66. The number of rotatable bonds is 7. The molecule has 0 aliphatic carbocycles. The van der Waals surface area contributed by atoms with Crippen LogP contribution in [0, 0.1) is 20.8 Å². The SMILES string of the molecule is Cc1cnn(CCCNC(=O)c2cccnc2Sc2ccc(C)c(C)c2)c1. The van der Waals surface area contributed by atoms with Gasteiger partial charge in [-0.25, -0.2) is 4.98 Å². The fourth-order valence-corrected chi connectivity index (χ4v) is 3.64. The van der Waals surface area contributed by atoms with E-state index in [0.717, 1.165) is 28.5 Å². The van der Waals surface area contributed by atoms with Gasteiger partial charge in [0.15, 0.2) is 0 Å². The summed E-state index contributed by atoms with van der Waals surface area (Å²) in [6.07, 6.45) is 6.39. The van der Waals surface area contributed by atoms with Crippen LogP contribution in [0.15, 0.2) is 58.8 Å². The zero-order valence-corrected chi connectivity index (χ0v) is 16.7. The van der Waals surface area contributed by atoms with Crippen LogP contribution in [-0.2, 0) is 6.54 Å². The van der Waals surface area contributed by atoms with Gasteiger partial charge in [0, 0.05) is 30.4 Å². The molecule has 140 valence electrons. The Kier molecular flexibility index (Phi) is 6.29. The number of nitrogens with zero attached hydrogens (tertiary/aromatic N) is 3. The van der Waals surface area contributed by atoms with Crippen molar-refractivity contribution in [3.63, 3.8) is 0 Å². The second kappa shape index (κ2) is 8.86. The fourth-order valence-electron chi connectivity index (χ4n) is 2.66. The van der Waals surface area contributed by atoms with Crippen LogP contribution in [-0.4, -0.2) is 27.2 Å². The average molecular weight is 381 g/mol. The molecule has 0 fully saturated rings. The van der Waals surface area contributed by atoms with E-state index in [9.17, 15) is 4.79 Å². The quantitative estimate of drug-likeness (QED) is 0.625. The largest absolute Gasteiger partial charge is 0.352 e. The van der Waals surface area contributed by atoms with Gasteiger partial charge in [-0.2, -0.15) is 5.10 Å². The number of hydrogen-bond donors (Lipinski definition) is 1. The Labute approximate surface area is 164 Å². The monoisotopic (exact) mass is 380 g/mol. The maximum Gasteiger partial charge on any atom is 0.254 e. The van der Waals surface area contributed by atoms with Gasteiger partial charge in [0.1, 0.15) is 5.03 Å². The van der Waals surface area contributed by atoms with Gasteiger partial charge in [-0.3, -0.25) is 9.48 Å². The third kappa shape index (κ3) is 5.20. The molecule has 0 spiro atoms. The minimum Gasteiger partial charge on any atom is -0.352 e. The fraction of sp³-hybridized carbons (Fsp3) is 0.286. The normalized spacial score (nSPS) is 10.8. The van der Waals surface area contributed by atoms with E-state index in [2.05, 4.69) is 47.4 Å². The minimum atomic E-state index is -0.0916. The van der Waals surface area contributed by atoms with E-state index < -0.39 is 0 Å². The van der Waals surface area contributed by atoms with Gasteiger partial charge in [0.2, 0.25) is 0 Å². The lowest BCUT2D eigenvalue weighted by Gasteiger charge is -2.10. The Morgan fingerprint density at radius 1 is 1.19 bits per heavy atom. The third-order valence-electron chi connectivity index (χ3n) is 4.32. The molecule has 3 aromatic rings. The highest BCUT2D eigenvalue weighted by Gasteiger charge is 2.13. The summed E-state index contributed by atoms with van der Waals surface area (Å²) < 4.78 is 1.90. The van der Waals surface area contributed by atoms with Crippen LogP contribution < -0.4 is 5.32 Å². The lowest BCUT2D eigenvalue weighted by atomic mass is 10.1. The van der Waals surface area contributed by atoms with Crippen LogP contribution in [0.2, 0.25) is 0 Å². The molecule has 0 radical (unpaired) electrons. The van der Waals surface area contributed by atoms with Crippen molar-refractivity contribution in [1.29, 1.82) is 0 Å². The number of pyridine rings is 1. The topological polar surface area (TPSA) is 59.8 Å². The number of aryl methyl sites for hydroxylation is 4. The van der Waals surface area contributed by atoms with Gasteiger partial charge in [0.05, 0.1) is 11.8 Å². The van der Waals surface area contributed by atoms with E-state index in [1.807, 2.05) is 30.1 Å². The highest BCUT2D eigenvalue weighted by Crippen LogP contribution is 2.29. The molecule has 2 heterocycles. The molecule has 0 aliphatic heterocycles. The van der Waals surface area contributed by atoms with Crippen LogP contribution in [0.5, 0.6) is 0 Å². The van der Waals surface area contributed by atoms with Gasteiger partial charge in [-0.05, 0) is 68.1 Å². The maximum absolute atomic E-state index is 12.6. The maximum atomic E-state index is 12.6. The zero-order chi connectivity index (χ0) is 19.2. The van der Waals surface area contributed by atoms with E-state index in [4.69, 9.17) is 0 Å². The summed E-state index contributed by atoms with van der Waals surface area (Å²) in [6, 6.07) is 9.91. The Balaban J connectivity index is 1.60. The first-order valence-electron chi connectivity index (χ1n) is 9.00. The average Bonchev–Trinajstić information content (AvgIpc) is 3.07. The van der Waals surface area contributed by atoms with Gasteiger partial charge in [-0.15, -0.1) is 0 Å². The Morgan fingerprint density at radius 2 is 2.04 bits per heavy atom. The molecule has 0 atom stereocenters.